The number of Topliss-reactive ketones (excluding diaryl/α,β-unsaturated/α-hetero) is 1. The van der Waals surface area contributed by atoms with Crippen LogP contribution >= 0.6 is 0 Å². The first-order valence-corrected chi connectivity index (χ1v) is 23.8. The third-order valence-electron chi connectivity index (χ3n) is 12.4. The highest BCUT2D eigenvalue weighted by molar-refractivity contribution is 6.69. The van der Waals surface area contributed by atoms with Gasteiger partial charge in [-0.3, -0.25) is 9.59 Å². The van der Waals surface area contributed by atoms with E-state index in [1.807, 2.05) is 13.8 Å². The zero-order chi connectivity index (χ0) is 43.1. The number of hydroxylamine groups is 3. The number of hydrogen-bond donors (Lipinski definition) is 4. The number of aliphatic hydroxyl groups excluding tert-OH is 2. The van der Waals surface area contributed by atoms with Crippen molar-refractivity contribution in [2.45, 2.75) is 199 Å². The Morgan fingerprint density at radius 2 is 1.50 bits per heavy atom. The minimum absolute atomic E-state index is 0.124. The van der Waals surface area contributed by atoms with E-state index in [-0.39, 0.29) is 25.7 Å². The molecule has 16 heteroatoms. The summed E-state index contributed by atoms with van der Waals surface area (Å²) in [5.74, 6) is -5.15. The Kier molecular flexibility index (Phi) is 16.0. The summed E-state index contributed by atoms with van der Waals surface area (Å²) in [5, 5.41) is 60.3. The van der Waals surface area contributed by atoms with Crippen molar-refractivity contribution in [3.05, 3.63) is 5.21 Å². The third-order valence-corrected chi connectivity index (χ3v) is 13.4. The van der Waals surface area contributed by atoms with E-state index in [2.05, 4.69) is 19.6 Å². The molecule has 0 spiro atoms. The van der Waals surface area contributed by atoms with Gasteiger partial charge in [0.15, 0.2) is 27.0 Å². The first-order valence-electron chi connectivity index (χ1n) is 20.4. The van der Waals surface area contributed by atoms with E-state index < -0.39 is 133 Å². The van der Waals surface area contributed by atoms with Gasteiger partial charge in [-0.05, 0) is 74.0 Å². The van der Waals surface area contributed by atoms with Gasteiger partial charge in [0, 0.05) is 37.7 Å². The predicted molar refractivity (Wildman–Crippen MR) is 210 cm³/mol. The molecule has 3 saturated heterocycles. The highest BCUT2D eigenvalue weighted by Gasteiger charge is 2.54. The Balaban J connectivity index is 2.20. The van der Waals surface area contributed by atoms with Crippen molar-refractivity contribution in [2.75, 3.05) is 21.2 Å². The number of likely N-dealkylation sites (N-methyl/N-ethyl adjacent to an activating group) is 1. The van der Waals surface area contributed by atoms with Crippen molar-refractivity contribution >= 4 is 20.1 Å². The lowest BCUT2D eigenvalue weighted by molar-refractivity contribution is -0.874. The molecule has 0 aromatic rings. The Morgan fingerprint density at radius 3 is 2.02 bits per heavy atom. The lowest BCUT2D eigenvalue weighted by atomic mass is 9.74. The molecule has 328 valence electrons. The number of ketones is 1. The van der Waals surface area contributed by atoms with Crippen LogP contribution in [0.5, 0.6) is 0 Å². The van der Waals surface area contributed by atoms with Crippen LogP contribution in [0.1, 0.15) is 94.9 Å². The van der Waals surface area contributed by atoms with Crippen LogP contribution in [0.15, 0.2) is 0 Å². The van der Waals surface area contributed by atoms with Crippen molar-refractivity contribution in [2.24, 2.45) is 23.7 Å². The fourth-order valence-corrected chi connectivity index (χ4v) is 10.3. The Hall–Kier alpha value is -1.12. The van der Waals surface area contributed by atoms with Crippen LogP contribution in [0.3, 0.4) is 0 Å². The number of carbonyl (C=O) groups excluding carboxylic acids is 2. The first kappa shape index (κ1) is 49.2. The molecule has 56 heavy (non-hydrogen) atoms. The van der Waals surface area contributed by atoms with Crippen LogP contribution in [0.4, 0.5) is 0 Å². The van der Waals surface area contributed by atoms with Crippen molar-refractivity contribution in [3.63, 3.8) is 0 Å². The van der Waals surface area contributed by atoms with E-state index >= 15 is 0 Å². The molecule has 3 aliphatic heterocycles. The van der Waals surface area contributed by atoms with E-state index in [1.54, 1.807) is 41.7 Å². The molecule has 0 aliphatic carbocycles. The normalized spacial score (nSPS) is 46.9. The number of carbonyl (C=O) groups is 2. The van der Waals surface area contributed by atoms with Crippen LogP contribution in [-0.2, 0) is 42.4 Å². The average molecular weight is 822 g/mol. The van der Waals surface area contributed by atoms with Crippen LogP contribution in [0.25, 0.3) is 0 Å². The van der Waals surface area contributed by atoms with E-state index in [9.17, 15) is 35.2 Å². The summed E-state index contributed by atoms with van der Waals surface area (Å²) in [5.41, 5.74) is -4.73. The third kappa shape index (κ3) is 11.2. The summed E-state index contributed by atoms with van der Waals surface area (Å²) < 4.78 is 43.7. The van der Waals surface area contributed by atoms with Gasteiger partial charge in [0.05, 0.1) is 67.8 Å². The summed E-state index contributed by atoms with van der Waals surface area (Å²) in [6.07, 6.45) is -9.94. The molecule has 18 atom stereocenters. The number of esters is 1. The number of nitrogens with zero attached hydrogens (tertiary/aromatic N) is 1. The van der Waals surface area contributed by atoms with Gasteiger partial charge in [0.1, 0.15) is 23.5 Å². The van der Waals surface area contributed by atoms with Gasteiger partial charge in [-0.1, -0.05) is 27.7 Å². The van der Waals surface area contributed by atoms with Crippen LogP contribution < -0.4 is 0 Å². The number of quaternary nitrogens is 1. The van der Waals surface area contributed by atoms with Gasteiger partial charge in [0.25, 0.3) is 0 Å². The molecule has 0 bridgehead atoms. The van der Waals surface area contributed by atoms with Crippen LogP contribution in [0.2, 0.25) is 19.6 Å². The number of ether oxygens (including phenoxy) is 6. The van der Waals surface area contributed by atoms with Gasteiger partial charge in [-0.25, -0.2) is 0 Å². The molecule has 0 amide bonds. The maximum Gasteiger partial charge on any atom is 0.311 e. The number of methoxy groups -OCH3 is 1. The molecule has 0 aromatic heterocycles. The second-order valence-corrected chi connectivity index (χ2v) is 23.6. The molecule has 15 nitrogen and oxygen atoms in total. The quantitative estimate of drug-likeness (QED) is 0.114. The lowest BCUT2D eigenvalue weighted by Crippen LogP contribution is -2.63. The topological polar surface area (TPSA) is 203 Å². The van der Waals surface area contributed by atoms with Gasteiger partial charge >= 0.3 is 5.97 Å². The smallest absolute Gasteiger partial charge is 0.311 e. The highest BCUT2D eigenvalue weighted by Crippen LogP contribution is 2.42. The molecule has 3 aliphatic rings. The molecular weight excluding hydrogens is 747 g/mol. The van der Waals surface area contributed by atoms with Crippen molar-refractivity contribution < 1.29 is 67.5 Å². The second-order valence-electron chi connectivity index (χ2n) is 19.1. The van der Waals surface area contributed by atoms with E-state index in [0.29, 0.717) is 0 Å². The van der Waals surface area contributed by atoms with E-state index in [1.165, 1.54) is 34.9 Å². The fourth-order valence-electron chi connectivity index (χ4n) is 9.10. The van der Waals surface area contributed by atoms with E-state index in [0.717, 1.165) is 0 Å². The van der Waals surface area contributed by atoms with Gasteiger partial charge in [-0.15, -0.1) is 0 Å². The average Bonchev–Trinajstić information content (AvgIpc) is 3.07. The zero-order valence-corrected chi connectivity index (χ0v) is 37.8. The van der Waals surface area contributed by atoms with Crippen molar-refractivity contribution in [1.29, 1.82) is 0 Å². The summed E-state index contributed by atoms with van der Waals surface area (Å²) >= 11 is 0. The predicted octanol–water partition coefficient (Wildman–Crippen LogP) is 3.66. The Bertz CT molecular complexity index is 1320. The number of hydrogen-bond acceptors (Lipinski definition) is 14. The summed E-state index contributed by atoms with van der Waals surface area (Å²) in [6, 6.07) is -0.819. The Morgan fingerprint density at radius 1 is 0.911 bits per heavy atom. The number of rotatable bonds is 9. The largest absolute Gasteiger partial charge is 0.633 e. The Labute approximate surface area is 335 Å². The maximum absolute atomic E-state index is 14.3. The molecule has 4 N–H and O–H groups in total. The number of aliphatic hydroxyl groups is 4. The summed E-state index contributed by atoms with van der Waals surface area (Å²) in [6.45, 7) is 22.8. The minimum atomic E-state index is -2.06. The maximum atomic E-state index is 14.3. The van der Waals surface area contributed by atoms with E-state index in [4.69, 9.17) is 32.8 Å². The summed E-state index contributed by atoms with van der Waals surface area (Å²) in [7, 11) is 2.40. The van der Waals surface area contributed by atoms with Crippen molar-refractivity contribution in [3.8, 4) is 0 Å². The standard InChI is InChI=1S/C40H75NO14Si/c1-17-28-40(10,47)33(44)23(4)30(42)21(2)19-38(8,46)34(54-37-31(43)27(41(11,12)48)18-22(3)50-37)24(5)32(25(6)36(45)52-28)53-29-20-39(9,49-13)35(26(7)51-29)55-56(14,15)16/h21-29,31-35,37,43-44,46-47H,17-20H2,1-16H3/t21-,22-,23+,24+,25-,26+,27+,28-,29+,31-,32+,33-,34-,35+,37+,38-,39-,40-/m1/s1. The fraction of sp³-hybridized carbons (Fsp3) is 0.950. The minimum Gasteiger partial charge on any atom is -0.633 e. The summed E-state index contributed by atoms with van der Waals surface area (Å²) in [4.78, 5) is 28.2. The number of cyclic esters (lactones) is 1. The van der Waals surface area contributed by atoms with Crippen LogP contribution in [-0.4, -0.2) is 151 Å². The molecule has 0 radical (unpaired) electrons. The lowest BCUT2D eigenvalue weighted by Gasteiger charge is -2.51. The molecule has 3 rings (SSSR count). The molecule has 0 unspecified atom stereocenters. The first-order chi connectivity index (χ1) is 25.4. The second kappa shape index (κ2) is 18.2. The molecule has 3 heterocycles. The molecule has 0 saturated carbocycles. The van der Waals surface area contributed by atoms with Crippen molar-refractivity contribution in [1.82, 2.24) is 0 Å². The van der Waals surface area contributed by atoms with Gasteiger partial charge in [-0.2, -0.15) is 0 Å². The van der Waals surface area contributed by atoms with Gasteiger partial charge in [0.2, 0.25) is 0 Å². The highest BCUT2D eigenvalue weighted by atomic mass is 28.4. The van der Waals surface area contributed by atoms with Gasteiger partial charge < -0.3 is 63.1 Å². The molecule has 0 aromatic carbocycles. The molecular formula is C40H75NO14Si. The van der Waals surface area contributed by atoms with Crippen LogP contribution in [0, 0.1) is 28.9 Å². The monoisotopic (exact) mass is 821 g/mol. The molecule has 3 fully saturated rings. The zero-order valence-electron chi connectivity index (χ0n) is 36.8. The SMILES string of the molecule is CC[C@H]1OC(=O)[C@H](C)[C@@H](O[C@H]2C[C@@](C)(OC)[C@@H](O[Si](C)(C)C)[C@H](C)O2)[C@H](C)[C@@H](O[C@@H]2O[C@H](C)C[C@H]([N+](C)(C)[O-])[C@H]2O)[C@](C)(O)C[C@@H](C)C(=O)[C@H](C)[C@@H](O)[C@]1(C)O.